The summed E-state index contributed by atoms with van der Waals surface area (Å²) in [5, 5.41) is 3.45. The molecule has 114 valence electrons. The van der Waals surface area contributed by atoms with E-state index >= 15 is 0 Å². The molecule has 1 aromatic rings. The number of rotatable bonds is 0. The Hall–Kier alpha value is -0.380. The molecule has 1 N–H and O–H groups in total. The summed E-state index contributed by atoms with van der Waals surface area (Å²) in [4.78, 5) is 3.04. The van der Waals surface area contributed by atoms with Gasteiger partial charge in [-0.2, -0.15) is 0 Å². The van der Waals surface area contributed by atoms with Gasteiger partial charge in [-0.25, -0.2) is 0 Å². The quantitative estimate of drug-likeness (QED) is 0.773. The summed E-state index contributed by atoms with van der Waals surface area (Å²) in [7, 11) is 0. The van der Waals surface area contributed by atoms with E-state index in [2.05, 4.69) is 32.2 Å². The van der Waals surface area contributed by atoms with Crippen molar-refractivity contribution in [3.63, 3.8) is 0 Å². The Bertz CT molecular complexity index is 438. The lowest BCUT2D eigenvalue weighted by Gasteiger charge is -2.40. The maximum atomic E-state index is 6.23. The van der Waals surface area contributed by atoms with Crippen molar-refractivity contribution in [2.45, 2.75) is 64.9 Å². The van der Waals surface area contributed by atoms with Crippen LogP contribution >= 0.6 is 11.3 Å². The van der Waals surface area contributed by atoms with Crippen LogP contribution in [0, 0.1) is 0 Å². The van der Waals surface area contributed by atoms with Gasteiger partial charge in [0, 0.05) is 9.75 Å². The minimum absolute atomic E-state index is 0.0347. The van der Waals surface area contributed by atoms with Gasteiger partial charge in [-0.1, -0.05) is 34.6 Å². The van der Waals surface area contributed by atoms with Crippen molar-refractivity contribution in [1.82, 2.24) is 5.32 Å². The first-order valence-corrected chi connectivity index (χ1v) is 8.81. The van der Waals surface area contributed by atoms with E-state index in [1.807, 2.05) is 25.2 Å². The first kappa shape index (κ1) is 16.0. The van der Waals surface area contributed by atoms with Gasteiger partial charge in [0.2, 0.25) is 0 Å². The Morgan fingerprint density at radius 1 is 1.20 bits per heavy atom. The van der Waals surface area contributed by atoms with E-state index in [9.17, 15) is 0 Å². The van der Waals surface area contributed by atoms with Gasteiger partial charge in [-0.15, -0.1) is 11.3 Å². The molecule has 0 bridgehead atoms. The maximum Gasteiger partial charge on any atom is 0.105 e. The molecule has 3 heterocycles. The van der Waals surface area contributed by atoms with E-state index in [1.165, 1.54) is 9.75 Å². The zero-order chi connectivity index (χ0) is 14.8. The first-order valence-electron chi connectivity index (χ1n) is 8.00. The number of nitrogens with one attached hydrogen (secondary N) is 1. The smallest absolute Gasteiger partial charge is 0.105 e. The second-order valence-corrected chi connectivity index (χ2v) is 7.61. The average Bonchev–Trinajstić information content (AvgIpc) is 2.88. The standard InChI is InChI=1S/C15H23NOS.C2H6/c1-14(2,3)12-10-11-4-9-17-15(13(11)18-12)5-7-16-8-6-15;1-2/h10,16H,4-9H2,1-3H3;1-2H3. The molecule has 0 radical (unpaired) electrons. The van der Waals surface area contributed by atoms with E-state index in [0.29, 0.717) is 0 Å². The first-order chi connectivity index (χ1) is 9.51. The average molecular weight is 295 g/mol. The highest BCUT2D eigenvalue weighted by Crippen LogP contribution is 2.46. The third-order valence-corrected chi connectivity index (χ3v) is 5.91. The van der Waals surface area contributed by atoms with Crippen LogP contribution in [-0.4, -0.2) is 19.7 Å². The molecule has 3 heteroatoms. The molecular formula is C17H29NOS. The van der Waals surface area contributed by atoms with Crippen LogP contribution < -0.4 is 5.32 Å². The number of piperidine rings is 1. The molecule has 1 aromatic heterocycles. The molecule has 2 nitrogen and oxygen atoms in total. The van der Waals surface area contributed by atoms with Gasteiger partial charge in [0.05, 0.1) is 6.61 Å². The summed E-state index contributed by atoms with van der Waals surface area (Å²) >= 11 is 1.99. The van der Waals surface area contributed by atoms with Gasteiger partial charge in [0.25, 0.3) is 0 Å². The Morgan fingerprint density at radius 2 is 1.85 bits per heavy atom. The van der Waals surface area contributed by atoms with Crippen LogP contribution in [0.15, 0.2) is 6.07 Å². The van der Waals surface area contributed by atoms with Gasteiger partial charge in [-0.3, -0.25) is 0 Å². The molecule has 20 heavy (non-hydrogen) atoms. The number of hydrogen-bond donors (Lipinski definition) is 1. The van der Waals surface area contributed by atoms with E-state index in [1.54, 1.807) is 5.56 Å². The van der Waals surface area contributed by atoms with Crippen LogP contribution in [0.2, 0.25) is 0 Å². The summed E-state index contributed by atoms with van der Waals surface area (Å²) in [6.45, 7) is 14.0. The Balaban J connectivity index is 0.000000704. The zero-order valence-corrected chi connectivity index (χ0v) is 14.5. The van der Waals surface area contributed by atoms with Crippen molar-refractivity contribution in [2.24, 2.45) is 0 Å². The summed E-state index contributed by atoms with van der Waals surface area (Å²) in [5.74, 6) is 0. The Labute approximate surface area is 127 Å². The molecule has 0 aliphatic carbocycles. The third kappa shape index (κ3) is 2.95. The van der Waals surface area contributed by atoms with Gasteiger partial charge in [-0.05, 0) is 49.4 Å². The topological polar surface area (TPSA) is 21.3 Å². The minimum atomic E-state index is 0.0347. The fourth-order valence-electron chi connectivity index (χ4n) is 2.99. The number of hydrogen-bond acceptors (Lipinski definition) is 3. The molecule has 1 fully saturated rings. The van der Waals surface area contributed by atoms with Gasteiger partial charge in [0.15, 0.2) is 0 Å². The fraction of sp³-hybridized carbons (Fsp3) is 0.765. The normalized spacial score (nSPS) is 21.1. The summed E-state index contributed by atoms with van der Waals surface area (Å²) in [6, 6.07) is 2.44. The highest BCUT2D eigenvalue weighted by molar-refractivity contribution is 7.12. The van der Waals surface area contributed by atoms with Crippen LogP contribution in [-0.2, 0) is 22.2 Å². The van der Waals surface area contributed by atoms with Crippen molar-refractivity contribution in [3.8, 4) is 0 Å². The number of ether oxygens (including phenoxy) is 1. The highest BCUT2D eigenvalue weighted by Gasteiger charge is 2.41. The predicted octanol–water partition coefficient (Wildman–Crippen LogP) is 4.22. The predicted molar refractivity (Wildman–Crippen MR) is 87.8 cm³/mol. The van der Waals surface area contributed by atoms with Crippen molar-refractivity contribution in [1.29, 1.82) is 0 Å². The maximum absolute atomic E-state index is 6.23. The molecule has 2 aliphatic heterocycles. The number of fused-ring (bicyclic) bond motifs is 2. The van der Waals surface area contributed by atoms with Crippen molar-refractivity contribution in [2.75, 3.05) is 19.7 Å². The van der Waals surface area contributed by atoms with Crippen LogP contribution in [0.3, 0.4) is 0 Å². The SMILES string of the molecule is CC.CC(C)(C)c1cc2c(s1)C1(CCNCC1)OCC2. The monoisotopic (exact) mass is 295 g/mol. The molecule has 1 spiro atoms. The van der Waals surface area contributed by atoms with E-state index in [4.69, 9.17) is 4.74 Å². The largest absolute Gasteiger partial charge is 0.369 e. The second kappa shape index (κ2) is 6.17. The fourth-order valence-corrected chi connectivity index (χ4v) is 4.46. The van der Waals surface area contributed by atoms with Crippen molar-refractivity contribution >= 4 is 11.3 Å². The third-order valence-electron chi connectivity index (χ3n) is 4.12. The van der Waals surface area contributed by atoms with Crippen molar-refractivity contribution < 1.29 is 4.74 Å². The molecule has 0 aromatic carbocycles. The Morgan fingerprint density at radius 3 is 2.45 bits per heavy atom. The summed E-state index contributed by atoms with van der Waals surface area (Å²) in [6.07, 6.45) is 3.35. The second-order valence-electron chi connectivity index (χ2n) is 6.56. The lowest BCUT2D eigenvalue weighted by molar-refractivity contribution is -0.0771. The molecule has 0 atom stereocenters. The Kier molecular flexibility index (Phi) is 4.93. The number of thiophene rings is 1. The van der Waals surface area contributed by atoms with Crippen molar-refractivity contribution in [3.05, 3.63) is 21.4 Å². The molecule has 0 unspecified atom stereocenters. The zero-order valence-electron chi connectivity index (χ0n) is 13.6. The molecule has 0 saturated carbocycles. The van der Waals surface area contributed by atoms with Crippen LogP contribution in [0.5, 0.6) is 0 Å². The van der Waals surface area contributed by atoms with E-state index in [-0.39, 0.29) is 11.0 Å². The van der Waals surface area contributed by atoms with Gasteiger partial charge < -0.3 is 10.1 Å². The van der Waals surface area contributed by atoms with Crippen LogP contribution in [0.4, 0.5) is 0 Å². The minimum Gasteiger partial charge on any atom is -0.369 e. The van der Waals surface area contributed by atoms with Crippen LogP contribution in [0.25, 0.3) is 0 Å². The van der Waals surface area contributed by atoms with Gasteiger partial charge >= 0.3 is 0 Å². The van der Waals surface area contributed by atoms with E-state index in [0.717, 1.165) is 39.0 Å². The van der Waals surface area contributed by atoms with E-state index < -0.39 is 0 Å². The molecule has 1 saturated heterocycles. The van der Waals surface area contributed by atoms with Gasteiger partial charge in [0.1, 0.15) is 5.60 Å². The molecular weight excluding hydrogens is 266 g/mol. The summed E-state index contributed by atoms with van der Waals surface area (Å²) < 4.78 is 6.23. The molecule has 0 amide bonds. The lowest BCUT2D eigenvalue weighted by Crippen LogP contribution is -2.43. The molecule has 2 aliphatic rings. The highest BCUT2D eigenvalue weighted by atomic mass is 32.1. The lowest BCUT2D eigenvalue weighted by atomic mass is 9.85. The molecule has 3 rings (SSSR count). The van der Waals surface area contributed by atoms with Crippen LogP contribution in [0.1, 0.15) is 62.8 Å². The summed E-state index contributed by atoms with van der Waals surface area (Å²) in [5.41, 5.74) is 1.85.